The first-order chi connectivity index (χ1) is 6.50. The monoisotopic (exact) mass is 210 g/mol. The van der Waals surface area contributed by atoms with Crippen molar-refractivity contribution in [2.24, 2.45) is 16.6 Å². The Kier molecular flexibility index (Phi) is 3.53. The van der Waals surface area contributed by atoms with Gasteiger partial charge < -0.3 is 5.73 Å². The molecular formula is C11H15ClN2. The molecule has 0 aliphatic rings. The lowest BCUT2D eigenvalue weighted by Crippen LogP contribution is -2.17. The minimum absolute atomic E-state index is 0.259. The van der Waals surface area contributed by atoms with E-state index in [9.17, 15) is 0 Å². The van der Waals surface area contributed by atoms with E-state index in [1.165, 1.54) is 0 Å². The van der Waals surface area contributed by atoms with Crippen LogP contribution in [0.1, 0.15) is 19.4 Å². The molecule has 0 aromatic heterocycles. The molecule has 0 spiro atoms. The van der Waals surface area contributed by atoms with Gasteiger partial charge in [-0.1, -0.05) is 31.5 Å². The summed E-state index contributed by atoms with van der Waals surface area (Å²) in [6.45, 7) is 5.98. The molecule has 0 saturated heterocycles. The number of benzene rings is 1. The average molecular weight is 211 g/mol. The zero-order valence-corrected chi connectivity index (χ0v) is 9.47. The highest BCUT2D eigenvalue weighted by Gasteiger charge is 2.00. The highest BCUT2D eigenvalue weighted by Crippen LogP contribution is 2.22. The fourth-order valence-corrected chi connectivity index (χ4v) is 1.10. The van der Waals surface area contributed by atoms with Crippen molar-refractivity contribution >= 4 is 23.1 Å². The zero-order valence-electron chi connectivity index (χ0n) is 8.71. The summed E-state index contributed by atoms with van der Waals surface area (Å²) in [6.07, 6.45) is 0. The molecule has 1 aromatic rings. The Labute approximate surface area is 89.8 Å². The molecule has 0 bridgehead atoms. The Bertz CT molecular complexity index is 356. The number of halogens is 1. The molecule has 0 heterocycles. The number of hydrogen-bond acceptors (Lipinski definition) is 1. The van der Waals surface area contributed by atoms with Crippen LogP contribution in [0.3, 0.4) is 0 Å². The normalized spacial score (nSPS) is 12.2. The maximum absolute atomic E-state index is 5.97. The van der Waals surface area contributed by atoms with Gasteiger partial charge in [-0.25, -0.2) is 4.99 Å². The third-order valence-corrected chi connectivity index (χ3v) is 2.41. The molecule has 1 aromatic carbocycles. The van der Waals surface area contributed by atoms with Gasteiger partial charge in [-0.15, -0.1) is 0 Å². The van der Waals surface area contributed by atoms with Crippen LogP contribution in [0.2, 0.25) is 5.02 Å². The van der Waals surface area contributed by atoms with E-state index < -0.39 is 0 Å². The highest BCUT2D eigenvalue weighted by molar-refractivity contribution is 6.31. The van der Waals surface area contributed by atoms with Crippen LogP contribution in [-0.2, 0) is 0 Å². The Balaban J connectivity index is 2.98. The summed E-state index contributed by atoms with van der Waals surface area (Å²) in [5.74, 6) is 0.889. The fraction of sp³-hybridized carbons (Fsp3) is 0.364. The van der Waals surface area contributed by atoms with E-state index in [1.54, 1.807) is 0 Å². The second-order valence-electron chi connectivity index (χ2n) is 3.62. The molecule has 0 unspecified atom stereocenters. The van der Waals surface area contributed by atoms with Gasteiger partial charge in [-0.05, 0) is 24.6 Å². The summed E-state index contributed by atoms with van der Waals surface area (Å²) in [4.78, 5) is 4.27. The van der Waals surface area contributed by atoms with Crippen molar-refractivity contribution in [3.05, 3.63) is 28.8 Å². The van der Waals surface area contributed by atoms with Crippen LogP contribution in [0, 0.1) is 12.8 Å². The van der Waals surface area contributed by atoms with Gasteiger partial charge in [-0.2, -0.15) is 0 Å². The van der Waals surface area contributed by atoms with Crippen LogP contribution in [-0.4, -0.2) is 5.84 Å². The molecule has 3 heteroatoms. The van der Waals surface area contributed by atoms with Gasteiger partial charge in [0.15, 0.2) is 0 Å². The number of nitrogens with zero attached hydrogens (tertiary/aromatic N) is 1. The maximum atomic E-state index is 5.97. The smallest absolute Gasteiger partial charge is 0.102 e. The Morgan fingerprint density at radius 1 is 1.43 bits per heavy atom. The van der Waals surface area contributed by atoms with Crippen molar-refractivity contribution in [2.45, 2.75) is 20.8 Å². The SMILES string of the molecule is Cc1ccc(N=C(N)C(C)C)cc1Cl. The zero-order chi connectivity index (χ0) is 10.7. The minimum Gasteiger partial charge on any atom is -0.387 e. The lowest BCUT2D eigenvalue weighted by atomic mass is 10.2. The largest absolute Gasteiger partial charge is 0.387 e. The lowest BCUT2D eigenvalue weighted by molar-refractivity contribution is 0.873. The molecule has 0 saturated carbocycles. The molecule has 76 valence electrons. The summed E-state index contributed by atoms with van der Waals surface area (Å²) in [6, 6.07) is 5.68. The maximum Gasteiger partial charge on any atom is 0.102 e. The quantitative estimate of drug-likeness (QED) is 0.591. The molecule has 14 heavy (non-hydrogen) atoms. The molecule has 0 radical (unpaired) electrons. The van der Waals surface area contributed by atoms with Crippen LogP contribution >= 0.6 is 11.6 Å². The van der Waals surface area contributed by atoms with E-state index in [0.29, 0.717) is 5.84 Å². The standard InChI is InChI=1S/C11H15ClN2/c1-7(2)11(13)14-9-5-4-8(3)10(12)6-9/h4-7H,1-3H3,(H2,13,14). The van der Waals surface area contributed by atoms with Crippen molar-refractivity contribution in [3.63, 3.8) is 0 Å². The van der Waals surface area contributed by atoms with Crippen molar-refractivity contribution in [1.82, 2.24) is 0 Å². The fourth-order valence-electron chi connectivity index (χ4n) is 0.929. The van der Waals surface area contributed by atoms with Crippen LogP contribution in [0.15, 0.2) is 23.2 Å². The topological polar surface area (TPSA) is 38.4 Å². The minimum atomic E-state index is 0.259. The number of hydrogen-bond donors (Lipinski definition) is 1. The lowest BCUT2D eigenvalue weighted by Gasteiger charge is -2.04. The number of aliphatic imine (C=N–C) groups is 1. The van der Waals surface area contributed by atoms with E-state index in [0.717, 1.165) is 16.3 Å². The van der Waals surface area contributed by atoms with E-state index in [2.05, 4.69) is 4.99 Å². The molecule has 1 rings (SSSR count). The van der Waals surface area contributed by atoms with Gasteiger partial charge in [0.25, 0.3) is 0 Å². The van der Waals surface area contributed by atoms with Crippen LogP contribution < -0.4 is 5.73 Å². The number of amidine groups is 1. The number of rotatable bonds is 2. The summed E-state index contributed by atoms with van der Waals surface area (Å²) < 4.78 is 0. The Morgan fingerprint density at radius 3 is 2.57 bits per heavy atom. The number of aryl methyl sites for hydroxylation is 1. The second kappa shape index (κ2) is 4.47. The third-order valence-electron chi connectivity index (χ3n) is 2.01. The van der Waals surface area contributed by atoms with Gasteiger partial charge in [0.1, 0.15) is 5.84 Å². The predicted molar refractivity (Wildman–Crippen MR) is 62.3 cm³/mol. The highest BCUT2D eigenvalue weighted by atomic mass is 35.5. The van der Waals surface area contributed by atoms with Gasteiger partial charge in [0.05, 0.1) is 5.69 Å². The predicted octanol–water partition coefficient (Wildman–Crippen LogP) is 3.29. The van der Waals surface area contributed by atoms with E-state index in [1.807, 2.05) is 39.0 Å². The van der Waals surface area contributed by atoms with E-state index in [-0.39, 0.29) is 5.92 Å². The molecule has 0 fully saturated rings. The van der Waals surface area contributed by atoms with Gasteiger partial charge in [-0.3, -0.25) is 0 Å². The van der Waals surface area contributed by atoms with Gasteiger partial charge >= 0.3 is 0 Å². The van der Waals surface area contributed by atoms with Crippen molar-refractivity contribution in [3.8, 4) is 0 Å². The van der Waals surface area contributed by atoms with Crippen molar-refractivity contribution in [1.29, 1.82) is 0 Å². The van der Waals surface area contributed by atoms with Crippen LogP contribution in [0.5, 0.6) is 0 Å². The molecule has 0 aliphatic carbocycles. The Hall–Kier alpha value is -1.02. The summed E-state index contributed by atoms with van der Waals surface area (Å²) >= 11 is 5.97. The van der Waals surface area contributed by atoms with Crippen LogP contribution in [0.25, 0.3) is 0 Å². The van der Waals surface area contributed by atoms with Crippen LogP contribution in [0.4, 0.5) is 5.69 Å². The number of nitrogens with two attached hydrogens (primary N) is 1. The average Bonchev–Trinajstić information content (AvgIpc) is 2.11. The molecule has 2 N–H and O–H groups in total. The Morgan fingerprint density at radius 2 is 2.07 bits per heavy atom. The van der Waals surface area contributed by atoms with E-state index in [4.69, 9.17) is 17.3 Å². The molecule has 2 nitrogen and oxygen atoms in total. The summed E-state index contributed by atoms with van der Waals surface area (Å²) in [5.41, 5.74) is 7.61. The second-order valence-corrected chi connectivity index (χ2v) is 4.03. The molecular weight excluding hydrogens is 196 g/mol. The summed E-state index contributed by atoms with van der Waals surface area (Å²) in [5, 5.41) is 0.725. The van der Waals surface area contributed by atoms with E-state index >= 15 is 0 Å². The summed E-state index contributed by atoms with van der Waals surface area (Å²) in [7, 11) is 0. The first kappa shape index (κ1) is 11.1. The molecule has 0 atom stereocenters. The van der Waals surface area contributed by atoms with Crippen molar-refractivity contribution < 1.29 is 0 Å². The molecule has 0 aliphatic heterocycles. The molecule has 0 amide bonds. The van der Waals surface area contributed by atoms with Gasteiger partial charge in [0, 0.05) is 10.9 Å². The third kappa shape index (κ3) is 2.74. The van der Waals surface area contributed by atoms with Gasteiger partial charge in [0.2, 0.25) is 0 Å². The first-order valence-electron chi connectivity index (χ1n) is 4.61. The van der Waals surface area contributed by atoms with Crippen molar-refractivity contribution in [2.75, 3.05) is 0 Å². The first-order valence-corrected chi connectivity index (χ1v) is 4.98.